The van der Waals surface area contributed by atoms with Crippen LogP contribution in [0.4, 0.5) is 5.69 Å². The second kappa shape index (κ2) is 5.72. The normalized spacial score (nSPS) is 26.1. The van der Waals surface area contributed by atoms with Crippen molar-refractivity contribution in [3.63, 3.8) is 0 Å². The van der Waals surface area contributed by atoms with Crippen LogP contribution < -0.4 is 10.6 Å². The monoisotopic (exact) mass is 247 g/mol. The molecular weight excluding hydrogens is 222 g/mol. The molecule has 3 heteroatoms. The third-order valence-corrected chi connectivity index (χ3v) is 4.10. The summed E-state index contributed by atoms with van der Waals surface area (Å²) < 4.78 is 0. The average molecular weight is 247 g/mol. The number of likely N-dealkylation sites (N-methyl/N-ethyl adjacent to an activating group) is 1. The van der Waals surface area contributed by atoms with Gasteiger partial charge in [-0.25, -0.2) is 0 Å². The zero-order valence-electron chi connectivity index (χ0n) is 11.8. The van der Waals surface area contributed by atoms with Crippen molar-refractivity contribution in [3.8, 4) is 0 Å². The average Bonchev–Trinajstić information content (AvgIpc) is 2.51. The zero-order chi connectivity index (χ0) is 13.1. The molecular formula is C15H25N3. The summed E-state index contributed by atoms with van der Waals surface area (Å²) in [7, 11) is 2.18. The molecule has 100 valence electrons. The van der Waals surface area contributed by atoms with E-state index < -0.39 is 0 Å². The minimum Gasteiger partial charge on any atom is -0.367 e. The SMILES string of the molecule is Cc1ccc(N2CC(CN)N(C)CCC2C)cc1. The zero-order valence-corrected chi connectivity index (χ0v) is 11.8. The smallest absolute Gasteiger partial charge is 0.0390 e. The first kappa shape index (κ1) is 13.4. The number of anilines is 1. The Kier molecular flexibility index (Phi) is 4.25. The summed E-state index contributed by atoms with van der Waals surface area (Å²) in [6.45, 7) is 7.33. The van der Waals surface area contributed by atoms with E-state index in [2.05, 4.69) is 55.0 Å². The van der Waals surface area contributed by atoms with Crippen molar-refractivity contribution in [2.45, 2.75) is 32.4 Å². The van der Waals surface area contributed by atoms with Crippen molar-refractivity contribution in [1.82, 2.24) is 4.90 Å². The maximum absolute atomic E-state index is 5.90. The van der Waals surface area contributed by atoms with E-state index in [-0.39, 0.29) is 0 Å². The molecule has 3 nitrogen and oxygen atoms in total. The van der Waals surface area contributed by atoms with Crippen LogP contribution in [0.1, 0.15) is 18.9 Å². The summed E-state index contributed by atoms with van der Waals surface area (Å²) in [6, 6.07) is 9.86. The molecule has 2 atom stereocenters. The first-order chi connectivity index (χ1) is 8.61. The van der Waals surface area contributed by atoms with Crippen molar-refractivity contribution in [1.29, 1.82) is 0 Å². The standard InChI is InChI=1S/C15H25N3/c1-12-4-6-14(7-5-12)18-11-15(10-16)17(3)9-8-13(18)2/h4-7,13,15H,8-11,16H2,1-3H3. The summed E-state index contributed by atoms with van der Waals surface area (Å²) in [5.41, 5.74) is 8.54. The van der Waals surface area contributed by atoms with Gasteiger partial charge in [0.1, 0.15) is 0 Å². The highest BCUT2D eigenvalue weighted by Crippen LogP contribution is 2.22. The molecule has 0 radical (unpaired) electrons. The summed E-state index contributed by atoms with van der Waals surface area (Å²) >= 11 is 0. The molecule has 1 aliphatic heterocycles. The Morgan fingerprint density at radius 1 is 1.28 bits per heavy atom. The van der Waals surface area contributed by atoms with Crippen LogP contribution in [-0.2, 0) is 0 Å². The van der Waals surface area contributed by atoms with Gasteiger partial charge in [-0.2, -0.15) is 0 Å². The predicted octanol–water partition coefficient (Wildman–Crippen LogP) is 1.85. The van der Waals surface area contributed by atoms with Crippen LogP contribution >= 0.6 is 0 Å². The molecule has 0 amide bonds. The number of aryl methyl sites for hydroxylation is 1. The van der Waals surface area contributed by atoms with Gasteiger partial charge in [-0.15, -0.1) is 0 Å². The topological polar surface area (TPSA) is 32.5 Å². The molecule has 0 aromatic heterocycles. The van der Waals surface area contributed by atoms with Gasteiger partial charge in [0, 0.05) is 37.4 Å². The molecule has 1 aromatic rings. The second-order valence-corrected chi connectivity index (χ2v) is 5.50. The summed E-state index contributed by atoms with van der Waals surface area (Å²) in [5, 5.41) is 0. The van der Waals surface area contributed by atoms with Crippen molar-refractivity contribution in [2.75, 3.05) is 31.6 Å². The molecule has 2 unspecified atom stereocenters. The highest BCUT2D eigenvalue weighted by molar-refractivity contribution is 5.48. The Bertz CT molecular complexity index is 374. The van der Waals surface area contributed by atoms with E-state index in [1.165, 1.54) is 17.7 Å². The summed E-state index contributed by atoms with van der Waals surface area (Å²) in [4.78, 5) is 4.89. The first-order valence-electron chi connectivity index (χ1n) is 6.85. The van der Waals surface area contributed by atoms with Crippen molar-refractivity contribution in [3.05, 3.63) is 29.8 Å². The third-order valence-electron chi connectivity index (χ3n) is 4.10. The quantitative estimate of drug-likeness (QED) is 0.866. The third kappa shape index (κ3) is 2.85. The van der Waals surface area contributed by atoms with Crippen LogP contribution in [0.3, 0.4) is 0 Å². The largest absolute Gasteiger partial charge is 0.367 e. The van der Waals surface area contributed by atoms with Crippen LogP contribution in [0, 0.1) is 6.92 Å². The predicted molar refractivity (Wildman–Crippen MR) is 78.1 cm³/mol. The lowest BCUT2D eigenvalue weighted by Crippen LogP contribution is -2.45. The summed E-state index contributed by atoms with van der Waals surface area (Å²) in [5.74, 6) is 0. The van der Waals surface area contributed by atoms with Crippen LogP contribution in [0.2, 0.25) is 0 Å². The van der Waals surface area contributed by atoms with Gasteiger partial charge >= 0.3 is 0 Å². The Labute approximate surface area is 111 Å². The van der Waals surface area contributed by atoms with E-state index in [9.17, 15) is 0 Å². The Morgan fingerprint density at radius 3 is 2.56 bits per heavy atom. The van der Waals surface area contributed by atoms with Gasteiger partial charge in [0.05, 0.1) is 0 Å². The van der Waals surface area contributed by atoms with Crippen molar-refractivity contribution >= 4 is 5.69 Å². The Morgan fingerprint density at radius 2 is 1.94 bits per heavy atom. The minimum atomic E-state index is 0.455. The van der Waals surface area contributed by atoms with Gasteiger partial charge in [-0.3, -0.25) is 0 Å². The highest BCUT2D eigenvalue weighted by Gasteiger charge is 2.25. The molecule has 1 heterocycles. The molecule has 1 saturated heterocycles. The van der Waals surface area contributed by atoms with Crippen molar-refractivity contribution in [2.24, 2.45) is 5.73 Å². The molecule has 2 N–H and O–H groups in total. The van der Waals surface area contributed by atoms with Gasteiger partial charge in [-0.1, -0.05) is 17.7 Å². The summed E-state index contributed by atoms with van der Waals surface area (Å²) in [6.07, 6.45) is 1.20. The van der Waals surface area contributed by atoms with Gasteiger partial charge in [0.15, 0.2) is 0 Å². The number of benzene rings is 1. The lowest BCUT2D eigenvalue weighted by molar-refractivity contribution is 0.265. The van der Waals surface area contributed by atoms with Crippen LogP contribution in [0.15, 0.2) is 24.3 Å². The molecule has 0 bridgehead atoms. The number of hydrogen-bond acceptors (Lipinski definition) is 3. The lowest BCUT2D eigenvalue weighted by atomic mass is 10.1. The molecule has 0 saturated carbocycles. The van der Waals surface area contributed by atoms with E-state index in [1.54, 1.807) is 0 Å². The molecule has 1 aromatic carbocycles. The van der Waals surface area contributed by atoms with E-state index in [0.717, 1.165) is 19.6 Å². The fraction of sp³-hybridized carbons (Fsp3) is 0.600. The maximum Gasteiger partial charge on any atom is 0.0390 e. The number of rotatable bonds is 2. The lowest BCUT2D eigenvalue weighted by Gasteiger charge is -2.32. The number of nitrogens with two attached hydrogens (primary N) is 1. The maximum atomic E-state index is 5.90. The fourth-order valence-corrected chi connectivity index (χ4v) is 2.63. The van der Waals surface area contributed by atoms with E-state index in [4.69, 9.17) is 5.73 Å². The highest BCUT2D eigenvalue weighted by atomic mass is 15.3. The fourth-order valence-electron chi connectivity index (χ4n) is 2.63. The van der Waals surface area contributed by atoms with E-state index >= 15 is 0 Å². The molecule has 18 heavy (non-hydrogen) atoms. The van der Waals surface area contributed by atoms with Crippen LogP contribution in [0.25, 0.3) is 0 Å². The first-order valence-corrected chi connectivity index (χ1v) is 6.85. The Balaban J connectivity index is 2.21. The van der Waals surface area contributed by atoms with Gasteiger partial charge < -0.3 is 15.5 Å². The van der Waals surface area contributed by atoms with Crippen LogP contribution in [0.5, 0.6) is 0 Å². The van der Waals surface area contributed by atoms with Crippen molar-refractivity contribution < 1.29 is 0 Å². The molecule has 0 spiro atoms. The molecule has 1 aliphatic rings. The molecule has 0 aliphatic carbocycles. The molecule has 2 rings (SSSR count). The van der Waals surface area contributed by atoms with E-state index in [0.29, 0.717) is 12.1 Å². The second-order valence-electron chi connectivity index (χ2n) is 5.50. The minimum absolute atomic E-state index is 0.455. The van der Waals surface area contributed by atoms with Crippen LogP contribution in [-0.4, -0.2) is 43.7 Å². The van der Waals surface area contributed by atoms with Gasteiger partial charge in [-0.05, 0) is 39.4 Å². The van der Waals surface area contributed by atoms with E-state index in [1.807, 2.05) is 0 Å². The Hall–Kier alpha value is -1.06. The van der Waals surface area contributed by atoms with Gasteiger partial charge in [0.2, 0.25) is 0 Å². The number of hydrogen-bond donors (Lipinski definition) is 1. The molecule has 1 fully saturated rings. The number of nitrogens with zero attached hydrogens (tertiary/aromatic N) is 2. The van der Waals surface area contributed by atoms with Gasteiger partial charge in [0.25, 0.3) is 0 Å².